The highest BCUT2D eigenvalue weighted by molar-refractivity contribution is 5.39. The molecular weight excluding hydrogens is 259 g/mol. The Morgan fingerprint density at radius 1 is 1.16 bits per heavy atom. The monoisotopic (exact) mass is 269 g/mol. The summed E-state index contributed by atoms with van der Waals surface area (Å²) in [5, 5.41) is 0. The summed E-state index contributed by atoms with van der Waals surface area (Å²) in [4.78, 5) is 7.65. The zero-order valence-electron chi connectivity index (χ0n) is 9.63. The lowest BCUT2D eigenvalue weighted by Gasteiger charge is -2.17. The molecule has 4 nitrogen and oxygen atoms in total. The third kappa shape index (κ3) is 3.41. The van der Waals surface area contributed by atoms with Gasteiger partial charge in [-0.3, -0.25) is 0 Å². The molecule has 2 aromatic rings. The van der Waals surface area contributed by atoms with E-state index in [1.807, 2.05) is 0 Å². The highest BCUT2D eigenvalue weighted by atomic mass is 19.4. The van der Waals surface area contributed by atoms with Crippen LogP contribution >= 0.6 is 0 Å². The minimum Gasteiger partial charge on any atom is -0.405 e. The van der Waals surface area contributed by atoms with Crippen molar-refractivity contribution in [2.45, 2.75) is 12.4 Å². The largest absolute Gasteiger partial charge is 0.573 e. The first-order valence-electron chi connectivity index (χ1n) is 5.33. The summed E-state index contributed by atoms with van der Waals surface area (Å²) in [5.41, 5.74) is 6.52. The Hall–Kier alpha value is -2.15. The minimum atomic E-state index is -4.76. The molecule has 0 fully saturated rings. The van der Waals surface area contributed by atoms with Gasteiger partial charge in [-0.1, -0.05) is 18.2 Å². The number of alkyl halides is 3. The molecule has 1 aromatic carbocycles. The van der Waals surface area contributed by atoms with Crippen LogP contribution in [0.1, 0.15) is 17.3 Å². The molecule has 0 amide bonds. The van der Waals surface area contributed by atoms with E-state index in [0.717, 1.165) is 0 Å². The van der Waals surface area contributed by atoms with E-state index in [4.69, 9.17) is 5.73 Å². The molecule has 0 aliphatic rings. The normalized spacial score (nSPS) is 13.1. The summed E-state index contributed by atoms with van der Waals surface area (Å²) in [7, 11) is 0. The fraction of sp³-hybridized carbons (Fsp3) is 0.167. The van der Waals surface area contributed by atoms with E-state index in [1.165, 1.54) is 36.8 Å². The average molecular weight is 269 g/mol. The van der Waals surface area contributed by atoms with E-state index in [-0.39, 0.29) is 11.3 Å². The summed E-state index contributed by atoms with van der Waals surface area (Å²) in [6.45, 7) is 0. The molecule has 0 bridgehead atoms. The molecule has 7 heteroatoms. The van der Waals surface area contributed by atoms with Crippen LogP contribution in [0.25, 0.3) is 0 Å². The molecule has 2 rings (SSSR count). The highest BCUT2D eigenvalue weighted by Crippen LogP contribution is 2.31. The van der Waals surface area contributed by atoms with E-state index in [0.29, 0.717) is 5.69 Å². The zero-order valence-corrected chi connectivity index (χ0v) is 9.63. The van der Waals surface area contributed by atoms with E-state index < -0.39 is 12.4 Å². The Morgan fingerprint density at radius 2 is 1.89 bits per heavy atom. The van der Waals surface area contributed by atoms with E-state index in [1.54, 1.807) is 6.07 Å². The molecule has 0 saturated carbocycles. The van der Waals surface area contributed by atoms with E-state index in [9.17, 15) is 13.2 Å². The molecule has 100 valence electrons. The number of nitrogens with zero attached hydrogens (tertiary/aromatic N) is 2. The topological polar surface area (TPSA) is 61.0 Å². The molecule has 1 unspecified atom stereocenters. The van der Waals surface area contributed by atoms with Gasteiger partial charge >= 0.3 is 6.36 Å². The fourth-order valence-electron chi connectivity index (χ4n) is 1.60. The molecule has 1 atom stereocenters. The molecule has 0 aliphatic carbocycles. The second kappa shape index (κ2) is 5.23. The van der Waals surface area contributed by atoms with Gasteiger partial charge in [0.05, 0.1) is 11.7 Å². The first-order valence-corrected chi connectivity index (χ1v) is 5.33. The number of nitrogens with two attached hydrogens (primary N) is 1. The summed E-state index contributed by atoms with van der Waals surface area (Å²) in [6.07, 6.45) is -2.01. The maximum absolute atomic E-state index is 12.3. The molecular formula is C12H10F3N3O. The molecule has 2 N–H and O–H groups in total. The van der Waals surface area contributed by atoms with Crippen molar-refractivity contribution < 1.29 is 17.9 Å². The van der Waals surface area contributed by atoms with Crippen LogP contribution < -0.4 is 10.5 Å². The Balaban J connectivity index is 2.35. The lowest BCUT2D eigenvalue weighted by atomic mass is 10.0. The van der Waals surface area contributed by atoms with Crippen LogP contribution in [0.3, 0.4) is 0 Å². The lowest BCUT2D eigenvalue weighted by Crippen LogP contribution is -2.21. The van der Waals surface area contributed by atoms with Crippen LogP contribution in [-0.2, 0) is 0 Å². The van der Waals surface area contributed by atoms with Gasteiger partial charge in [-0.25, -0.2) is 9.97 Å². The Labute approximate surface area is 107 Å². The van der Waals surface area contributed by atoms with Gasteiger partial charge in [0, 0.05) is 11.8 Å². The quantitative estimate of drug-likeness (QED) is 0.929. The SMILES string of the molecule is NC(c1ccncn1)c1ccccc1OC(F)(F)F. The van der Waals surface area contributed by atoms with Crippen molar-refractivity contribution in [3.05, 3.63) is 54.1 Å². The Morgan fingerprint density at radius 3 is 2.53 bits per heavy atom. The number of ether oxygens (including phenoxy) is 1. The Kier molecular flexibility index (Phi) is 3.66. The summed E-state index contributed by atoms with van der Waals surface area (Å²) < 4.78 is 40.8. The molecule has 1 heterocycles. The number of aromatic nitrogens is 2. The second-order valence-corrected chi connectivity index (χ2v) is 3.70. The van der Waals surface area contributed by atoms with Crippen LogP contribution in [0, 0.1) is 0 Å². The fourth-order valence-corrected chi connectivity index (χ4v) is 1.60. The van der Waals surface area contributed by atoms with Crippen LogP contribution in [0.4, 0.5) is 13.2 Å². The van der Waals surface area contributed by atoms with E-state index in [2.05, 4.69) is 14.7 Å². The maximum Gasteiger partial charge on any atom is 0.573 e. The first kappa shape index (κ1) is 13.3. The number of hydrogen-bond donors (Lipinski definition) is 1. The van der Waals surface area contributed by atoms with Crippen molar-refractivity contribution in [2.75, 3.05) is 0 Å². The predicted molar refractivity (Wildman–Crippen MR) is 61.2 cm³/mol. The van der Waals surface area contributed by atoms with Crippen molar-refractivity contribution in [2.24, 2.45) is 5.73 Å². The Bertz CT molecular complexity index is 545. The molecule has 0 saturated heterocycles. The number of para-hydroxylation sites is 1. The number of rotatable bonds is 3. The summed E-state index contributed by atoms with van der Waals surface area (Å²) in [5.74, 6) is -0.332. The standard InChI is InChI=1S/C12H10F3N3O/c13-12(14,15)19-10-4-2-1-3-8(10)11(16)9-5-6-17-7-18-9/h1-7,11H,16H2. The number of halogens is 3. The van der Waals surface area contributed by atoms with Crippen LogP contribution in [-0.4, -0.2) is 16.3 Å². The summed E-state index contributed by atoms with van der Waals surface area (Å²) >= 11 is 0. The summed E-state index contributed by atoms with van der Waals surface area (Å²) in [6, 6.07) is 6.42. The molecule has 19 heavy (non-hydrogen) atoms. The second-order valence-electron chi connectivity index (χ2n) is 3.70. The van der Waals surface area contributed by atoms with Gasteiger partial charge in [0.1, 0.15) is 12.1 Å². The number of benzene rings is 1. The van der Waals surface area contributed by atoms with Gasteiger partial charge in [0.25, 0.3) is 0 Å². The predicted octanol–water partition coefficient (Wildman–Crippen LogP) is 2.42. The van der Waals surface area contributed by atoms with Crippen molar-refractivity contribution in [3.8, 4) is 5.75 Å². The molecule has 0 radical (unpaired) electrons. The number of hydrogen-bond acceptors (Lipinski definition) is 4. The van der Waals surface area contributed by atoms with Gasteiger partial charge in [-0.05, 0) is 12.1 Å². The van der Waals surface area contributed by atoms with Gasteiger partial charge in [-0.2, -0.15) is 0 Å². The zero-order chi connectivity index (χ0) is 13.9. The first-order chi connectivity index (χ1) is 8.97. The smallest absolute Gasteiger partial charge is 0.405 e. The molecule has 0 aliphatic heterocycles. The van der Waals surface area contributed by atoms with Crippen molar-refractivity contribution in [3.63, 3.8) is 0 Å². The van der Waals surface area contributed by atoms with Gasteiger partial charge in [-0.15, -0.1) is 13.2 Å². The minimum absolute atomic E-state index is 0.207. The molecule has 1 aromatic heterocycles. The van der Waals surface area contributed by atoms with Gasteiger partial charge < -0.3 is 10.5 Å². The van der Waals surface area contributed by atoms with Crippen molar-refractivity contribution in [1.29, 1.82) is 0 Å². The van der Waals surface area contributed by atoms with E-state index >= 15 is 0 Å². The van der Waals surface area contributed by atoms with Gasteiger partial charge in [0.2, 0.25) is 0 Å². The van der Waals surface area contributed by atoms with Crippen LogP contribution in [0.2, 0.25) is 0 Å². The lowest BCUT2D eigenvalue weighted by molar-refractivity contribution is -0.274. The van der Waals surface area contributed by atoms with Crippen LogP contribution in [0.5, 0.6) is 5.75 Å². The van der Waals surface area contributed by atoms with Crippen molar-refractivity contribution in [1.82, 2.24) is 9.97 Å². The average Bonchev–Trinajstić information content (AvgIpc) is 2.38. The van der Waals surface area contributed by atoms with Crippen LogP contribution in [0.15, 0.2) is 42.9 Å². The third-order valence-electron chi connectivity index (χ3n) is 2.40. The van der Waals surface area contributed by atoms with Crippen molar-refractivity contribution >= 4 is 0 Å². The third-order valence-corrected chi connectivity index (χ3v) is 2.40. The maximum atomic E-state index is 12.3. The highest BCUT2D eigenvalue weighted by Gasteiger charge is 2.32. The molecule has 0 spiro atoms. The van der Waals surface area contributed by atoms with Gasteiger partial charge in [0.15, 0.2) is 0 Å².